The third kappa shape index (κ3) is 5.32. The maximum absolute atomic E-state index is 15.1. The zero-order valence-electron chi connectivity index (χ0n) is 23.7. The third-order valence-corrected chi connectivity index (χ3v) is 8.26. The summed E-state index contributed by atoms with van der Waals surface area (Å²) in [7, 11) is 1.39. The van der Waals surface area contributed by atoms with Gasteiger partial charge in [-0.1, -0.05) is 60.7 Å². The average molecular weight is 621 g/mol. The van der Waals surface area contributed by atoms with Crippen molar-refractivity contribution in [2.75, 3.05) is 0 Å². The van der Waals surface area contributed by atoms with Gasteiger partial charge in [-0.25, -0.2) is 13.6 Å². The number of aryl methyl sites for hydroxylation is 1. The Morgan fingerprint density at radius 1 is 0.933 bits per heavy atom. The first-order valence-electron chi connectivity index (χ1n) is 14.1. The quantitative estimate of drug-likeness (QED) is 0.193. The first-order chi connectivity index (χ1) is 21.4. The van der Waals surface area contributed by atoms with Crippen molar-refractivity contribution in [1.82, 2.24) is 9.88 Å². The predicted octanol–water partition coefficient (Wildman–Crippen LogP) is 6.96. The Morgan fingerprint density at radius 2 is 1.60 bits per heavy atom. The fraction of sp³-hybridized carbons (Fsp3) is 0.206. The van der Waals surface area contributed by atoms with E-state index < -0.39 is 58.0 Å². The topological polar surface area (TPSA) is 88.4 Å². The summed E-state index contributed by atoms with van der Waals surface area (Å²) in [4.78, 5) is 38.7. The second kappa shape index (κ2) is 11.1. The van der Waals surface area contributed by atoms with Crippen LogP contribution in [0, 0.1) is 11.6 Å². The molecule has 0 saturated heterocycles. The van der Waals surface area contributed by atoms with Crippen molar-refractivity contribution >= 4 is 33.6 Å². The van der Waals surface area contributed by atoms with Crippen molar-refractivity contribution in [2.45, 2.75) is 37.4 Å². The Labute approximate surface area is 252 Å². The molecule has 6 rings (SSSR count). The molecule has 0 aliphatic heterocycles. The molecule has 4 aromatic carbocycles. The molecule has 230 valence electrons. The number of rotatable bonds is 7. The molecule has 5 aromatic rings. The Bertz CT molecular complexity index is 2080. The molecule has 45 heavy (non-hydrogen) atoms. The van der Waals surface area contributed by atoms with Crippen LogP contribution in [0.1, 0.15) is 45.8 Å². The van der Waals surface area contributed by atoms with E-state index in [9.17, 15) is 37.1 Å². The number of hydrogen-bond acceptors (Lipinski definition) is 3. The highest BCUT2D eigenvalue weighted by Gasteiger charge is 2.38. The smallest absolute Gasteiger partial charge is 0.417 e. The number of carboxylic acid groups (broad SMARTS) is 1. The second-order valence-corrected chi connectivity index (χ2v) is 11.1. The monoisotopic (exact) mass is 620 g/mol. The minimum Gasteiger partial charge on any atom is -0.480 e. The first kappa shape index (κ1) is 30.0. The summed E-state index contributed by atoms with van der Waals surface area (Å²) in [5.74, 6) is -5.03. The number of carbonyl (C=O) groups is 2. The van der Waals surface area contributed by atoms with Crippen molar-refractivity contribution in [2.24, 2.45) is 7.05 Å². The van der Waals surface area contributed by atoms with E-state index in [0.29, 0.717) is 23.8 Å². The molecule has 1 saturated carbocycles. The molecule has 0 radical (unpaired) electrons. The van der Waals surface area contributed by atoms with E-state index >= 15 is 4.39 Å². The Hall–Kier alpha value is -5.06. The van der Waals surface area contributed by atoms with E-state index in [4.69, 9.17) is 0 Å². The Balaban J connectivity index is 1.44. The number of nitrogens with zero attached hydrogens (tertiary/aromatic N) is 1. The minimum atomic E-state index is -4.89. The summed E-state index contributed by atoms with van der Waals surface area (Å²) in [6, 6.07) is 15.3. The molecule has 0 spiro atoms. The molecule has 1 amide bonds. The summed E-state index contributed by atoms with van der Waals surface area (Å²) >= 11 is 0. The van der Waals surface area contributed by atoms with E-state index in [1.807, 2.05) is 0 Å². The van der Waals surface area contributed by atoms with E-state index in [-0.39, 0.29) is 39.8 Å². The van der Waals surface area contributed by atoms with E-state index in [1.54, 1.807) is 6.07 Å². The van der Waals surface area contributed by atoms with E-state index in [1.165, 1.54) is 67.7 Å². The van der Waals surface area contributed by atoms with Crippen LogP contribution in [0.4, 0.5) is 22.0 Å². The molecule has 11 heteroatoms. The molecular formula is C34H25F5N2O4. The van der Waals surface area contributed by atoms with Crippen molar-refractivity contribution in [1.29, 1.82) is 0 Å². The van der Waals surface area contributed by atoms with Crippen molar-refractivity contribution < 1.29 is 36.6 Å². The zero-order chi connectivity index (χ0) is 32.2. The van der Waals surface area contributed by atoms with Gasteiger partial charge in [0, 0.05) is 18.9 Å². The molecule has 1 atom stereocenters. The van der Waals surface area contributed by atoms with Gasteiger partial charge < -0.3 is 15.0 Å². The molecule has 1 aliphatic carbocycles. The number of para-hydroxylation sites is 1. The molecule has 1 aromatic heterocycles. The average Bonchev–Trinajstić information content (AvgIpc) is 3.83. The number of aliphatic carboxylic acids is 1. The van der Waals surface area contributed by atoms with Gasteiger partial charge in [0.05, 0.1) is 16.6 Å². The van der Waals surface area contributed by atoms with Crippen LogP contribution in [0.3, 0.4) is 0 Å². The fourth-order valence-electron chi connectivity index (χ4n) is 5.95. The molecule has 1 fully saturated rings. The lowest BCUT2D eigenvalue weighted by Crippen LogP contribution is -2.43. The molecular weight excluding hydrogens is 595 g/mol. The Morgan fingerprint density at radius 3 is 2.29 bits per heavy atom. The van der Waals surface area contributed by atoms with Gasteiger partial charge in [-0.15, -0.1) is 0 Å². The number of amides is 1. The first-order valence-corrected chi connectivity index (χ1v) is 14.1. The SMILES string of the molecule is Cn1c(=O)c(-c2cccc3c(C[C@H](NC(=O)c4c(F)ccc(C5CC5)c4F)C(=O)O)cccc23)c(C(F)(F)F)c2ccccc21. The van der Waals surface area contributed by atoms with Gasteiger partial charge in [-0.2, -0.15) is 13.2 Å². The van der Waals surface area contributed by atoms with Crippen LogP contribution in [0.5, 0.6) is 0 Å². The number of fused-ring (bicyclic) bond motifs is 2. The van der Waals surface area contributed by atoms with Gasteiger partial charge in [-0.05, 0) is 58.4 Å². The summed E-state index contributed by atoms with van der Waals surface area (Å²) in [6.07, 6.45) is -3.86. The van der Waals surface area contributed by atoms with Crippen LogP contribution in [0.15, 0.2) is 77.6 Å². The van der Waals surface area contributed by atoms with Gasteiger partial charge in [0.1, 0.15) is 23.2 Å². The van der Waals surface area contributed by atoms with Crippen LogP contribution in [-0.4, -0.2) is 27.6 Å². The van der Waals surface area contributed by atoms with Crippen LogP contribution < -0.4 is 10.9 Å². The number of benzene rings is 4. The number of carboxylic acids is 1. The number of pyridine rings is 1. The largest absolute Gasteiger partial charge is 0.480 e. The van der Waals surface area contributed by atoms with Crippen LogP contribution in [0.2, 0.25) is 0 Å². The lowest BCUT2D eigenvalue weighted by Gasteiger charge is -2.20. The third-order valence-electron chi connectivity index (χ3n) is 8.26. The lowest BCUT2D eigenvalue weighted by atomic mass is 9.90. The number of aromatic nitrogens is 1. The number of hydrogen-bond donors (Lipinski definition) is 2. The van der Waals surface area contributed by atoms with Gasteiger partial charge in [-0.3, -0.25) is 9.59 Å². The molecule has 1 aliphatic rings. The van der Waals surface area contributed by atoms with Gasteiger partial charge in [0.25, 0.3) is 11.5 Å². The van der Waals surface area contributed by atoms with Crippen molar-refractivity contribution in [3.63, 3.8) is 0 Å². The molecule has 0 bridgehead atoms. The van der Waals surface area contributed by atoms with Gasteiger partial charge >= 0.3 is 12.1 Å². The molecule has 0 unspecified atom stereocenters. The number of halogens is 5. The molecule has 6 nitrogen and oxygen atoms in total. The highest BCUT2D eigenvalue weighted by Crippen LogP contribution is 2.43. The number of carbonyl (C=O) groups excluding carboxylic acids is 1. The maximum atomic E-state index is 15.1. The van der Waals surface area contributed by atoms with Crippen LogP contribution in [0.25, 0.3) is 32.8 Å². The summed E-state index contributed by atoms with van der Waals surface area (Å²) in [6.45, 7) is 0. The summed E-state index contributed by atoms with van der Waals surface area (Å²) in [5.41, 5.74) is -2.79. The standard InChI is InChI=1S/C34H25F5N2O4/c1-41-26-11-3-2-7-23(26)29(34(37,38)39)27(32(41)43)22-10-5-8-19-18(6-4-9-21(19)22)16-25(33(44)45)40-31(42)28-24(35)15-14-20(30(28)36)17-12-13-17/h2-11,14-15,17,25H,12-13,16H2,1H3,(H,40,42)(H,44,45)/t25-/m0/s1. The van der Waals surface area contributed by atoms with Crippen molar-refractivity contribution in [3.05, 3.63) is 117 Å². The van der Waals surface area contributed by atoms with Crippen LogP contribution >= 0.6 is 0 Å². The summed E-state index contributed by atoms with van der Waals surface area (Å²) in [5, 5.41) is 12.6. The zero-order valence-corrected chi connectivity index (χ0v) is 23.7. The van der Waals surface area contributed by atoms with Crippen molar-refractivity contribution in [3.8, 4) is 11.1 Å². The van der Waals surface area contributed by atoms with E-state index in [2.05, 4.69) is 5.32 Å². The second-order valence-electron chi connectivity index (χ2n) is 11.1. The summed E-state index contributed by atoms with van der Waals surface area (Å²) < 4.78 is 74.6. The highest BCUT2D eigenvalue weighted by molar-refractivity contribution is 6.02. The maximum Gasteiger partial charge on any atom is 0.417 e. The van der Waals surface area contributed by atoms with Gasteiger partial charge in [0.2, 0.25) is 0 Å². The van der Waals surface area contributed by atoms with Crippen LogP contribution in [-0.2, 0) is 24.4 Å². The van der Waals surface area contributed by atoms with E-state index in [0.717, 1.165) is 10.6 Å². The highest BCUT2D eigenvalue weighted by atomic mass is 19.4. The number of alkyl halides is 3. The predicted molar refractivity (Wildman–Crippen MR) is 158 cm³/mol. The normalized spacial score (nSPS) is 14.1. The Kier molecular flexibility index (Phi) is 7.42. The molecule has 2 N–H and O–H groups in total. The minimum absolute atomic E-state index is 0.00929. The molecule has 1 heterocycles. The fourth-order valence-corrected chi connectivity index (χ4v) is 5.95. The lowest BCUT2D eigenvalue weighted by molar-refractivity contribution is -0.139. The number of nitrogens with one attached hydrogen (secondary N) is 1. The van der Waals surface area contributed by atoms with Gasteiger partial charge in [0.15, 0.2) is 0 Å².